The van der Waals surface area contributed by atoms with Crippen LogP contribution in [0.5, 0.6) is 6.01 Å². The molecular weight excluding hydrogens is 421 g/mol. The van der Waals surface area contributed by atoms with Crippen molar-refractivity contribution in [2.24, 2.45) is 0 Å². The Bertz CT molecular complexity index is 1040. The molecule has 1 aromatic carbocycles. The number of methoxy groups -OCH3 is 1. The van der Waals surface area contributed by atoms with Gasteiger partial charge in [-0.3, -0.25) is 10.1 Å². The number of alkyl halides is 3. The number of sulfonamides is 1. The molecule has 0 spiro atoms. The molecule has 0 radical (unpaired) electrons. The highest BCUT2D eigenvalue weighted by Crippen LogP contribution is 2.24. The lowest BCUT2D eigenvalue weighted by Crippen LogP contribution is -2.36. The van der Waals surface area contributed by atoms with Crippen molar-refractivity contribution in [1.82, 2.24) is 19.7 Å². The molecule has 0 unspecified atom stereocenters. The average molecular weight is 434 g/mol. The Morgan fingerprint density at radius 2 is 1.72 bits per heavy atom. The van der Waals surface area contributed by atoms with Gasteiger partial charge in [-0.2, -0.15) is 28.1 Å². The molecule has 1 aromatic heterocycles. The molecule has 0 saturated heterocycles. The zero-order valence-corrected chi connectivity index (χ0v) is 15.6. The number of aryl methyl sites for hydroxylation is 1. The number of carbonyl (C=O) groups excluding carboxylic acids is 2. The molecule has 0 atom stereocenters. The van der Waals surface area contributed by atoms with E-state index in [4.69, 9.17) is 4.74 Å². The predicted octanol–water partition coefficient (Wildman–Crippen LogP) is 1.20. The van der Waals surface area contributed by atoms with Crippen LogP contribution in [0.25, 0.3) is 0 Å². The van der Waals surface area contributed by atoms with Gasteiger partial charge in [-0.1, -0.05) is 12.1 Å². The van der Waals surface area contributed by atoms with Gasteiger partial charge in [-0.25, -0.2) is 17.9 Å². The van der Waals surface area contributed by atoms with E-state index in [9.17, 15) is 31.2 Å². The molecule has 0 fully saturated rings. The molecule has 2 aromatic rings. The molecule has 0 aliphatic carbocycles. The molecule has 3 N–H and O–H groups in total. The lowest BCUT2D eigenvalue weighted by Gasteiger charge is -2.13. The summed E-state index contributed by atoms with van der Waals surface area (Å²) in [7, 11) is -3.41. The number of anilines is 2. The van der Waals surface area contributed by atoms with Crippen LogP contribution >= 0.6 is 0 Å². The van der Waals surface area contributed by atoms with Crippen molar-refractivity contribution in [2.45, 2.75) is 18.0 Å². The Hall–Kier alpha value is -3.49. The fraction of sp³-hybridized carbons (Fsp3) is 0.214. The standard InChI is InChI=1S/C14H13F3N6O5S/c1-7-18-11(22-13(19-7)28-2)21-12(25)23-29(26,27)9-6-4-3-5-8(9)20-10(24)14(15,16)17/h3-6H,1-2H3,(H,20,24)(H2,18,19,21,22,23,25). The third-order valence-corrected chi connectivity index (χ3v) is 4.43. The zero-order chi connectivity index (χ0) is 21.8. The van der Waals surface area contributed by atoms with Gasteiger partial charge in [0.15, 0.2) is 0 Å². The number of urea groups is 1. The Morgan fingerprint density at radius 1 is 1.07 bits per heavy atom. The van der Waals surface area contributed by atoms with Crippen molar-refractivity contribution in [3.8, 4) is 6.01 Å². The fourth-order valence-electron chi connectivity index (χ4n) is 1.91. The van der Waals surface area contributed by atoms with Gasteiger partial charge in [0.1, 0.15) is 10.7 Å². The van der Waals surface area contributed by atoms with Crippen LogP contribution in [0, 0.1) is 6.92 Å². The van der Waals surface area contributed by atoms with Gasteiger partial charge in [0.25, 0.3) is 10.0 Å². The first-order chi connectivity index (χ1) is 13.4. The third-order valence-electron chi connectivity index (χ3n) is 3.04. The van der Waals surface area contributed by atoms with Gasteiger partial charge in [0, 0.05) is 0 Å². The Labute approximate surface area is 161 Å². The van der Waals surface area contributed by atoms with Gasteiger partial charge in [0.05, 0.1) is 12.8 Å². The first kappa shape index (κ1) is 21.8. The van der Waals surface area contributed by atoms with Crippen LogP contribution in [0.4, 0.5) is 29.6 Å². The van der Waals surface area contributed by atoms with Crippen molar-refractivity contribution < 1.29 is 35.9 Å². The van der Waals surface area contributed by atoms with E-state index in [2.05, 4.69) is 15.0 Å². The number of hydrogen-bond acceptors (Lipinski definition) is 8. The SMILES string of the molecule is COc1nc(C)nc(NC(=O)NS(=O)(=O)c2ccccc2NC(=O)C(F)(F)F)n1. The molecule has 0 saturated carbocycles. The number of benzene rings is 1. The number of nitrogens with one attached hydrogen (secondary N) is 3. The van der Waals surface area contributed by atoms with Crippen molar-refractivity contribution in [2.75, 3.05) is 17.7 Å². The molecule has 1 heterocycles. The molecule has 0 aliphatic rings. The molecule has 3 amide bonds. The minimum Gasteiger partial charge on any atom is -0.467 e. The lowest BCUT2D eigenvalue weighted by molar-refractivity contribution is -0.167. The minimum atomic E-state index is -5.24. The number of amides is 3. The monoisotopic (exact) mass is 434 g/mol. The van der Waals surface area contributed by atoms with Crippen LogP contribution in [0.2, 0.25) is 0 Å². The molecule has 15 heteroatoms. The van der Waals surface area contributed by atoms with Crippen molar-refractivity contribution in [3.05, 3.63) is 30.1 Å². The summed E-state index contributed by atoms with van der Waals surface area (Å²) in [4.78, 5) is 33.5. The second kappa shape index (κ2) is 8.26. The van der Waals surface area contributed by atoms with Crippen LogP contribution in [0.1, 0.15) is 5.82 Å². The minimum absolute atomic E-state index is 0.143. The zero-order valence-electron chi connectivity index (χ0n) is 14.7. The molecular formula is C14H13F3N6O5S. The quantitative estimate of drug-likeness (QED) is 0.635. The second-order valence-corrected chi connectivity index (χ2v) is 6.85. The average Bonchev–Trinajstić information content (AvgIpc) is 2.60. The van der Waals surface area contributed by atoms with Crippen LogP contribution < -0.4 is 20.1 Å². The number of para-hydroxylation sites is 1. The van der Waals surface area contributed by atoms with Crippen molar-refractivity contribution in [3.63, 3.8) is 0 Å². The highest BCUT2D eigenvalue weighted by Gasteiger charge is 2.39. The fourth-order valence-corrected chi connectivity index (χ4v) is 2.98. The van der Waals surface area contributed by atoms with E-state index >= 15 is 0 Å². The molecule has 156 valence electrons. The summed E-state index contributed by atoms with van der Waals surface area (Å²) in [6.45, 7) is 1.46. The Kier molecular flexibility index (Phi) is 6.21. The van der Waals surface area contributed by atoms with E-state index in [0.29, 0.717) is 0 Å². The van der Waals surface area contributed by atoms with E-state index in [1.54, 1.807) is 4.72 Å². The number of nitrogens with zero attached hydrogens (tertiary/aromatic N) is 3. The molecule has 0 aliphatic heterocycles. The molecule has 29 heavy (non-hydrogen) atoms. The molecule has 11 nitrogen and oxygen atoms in total. The number of carbonyl (C=O) groups is 2. The highest BCUT2D eigenvalue weighted by molar-refractivity contribution is 7.90. The first-order valence-corrected chi connectivity index (χ1v) is 8.98. The summed E-state index contributed by atoms with van der Waals surface area (Å²) in [6.07, 6.45) is -5.24. The van der Waals surface area contributed by atoms with E-state index in [0.717, 1.165) is 12.1 Å². The normalized spacial score (nSPS) is 11.5. The van der Waals surface area contributed by atoms with E-state index in [1.165, 1.54) is 31.5 Å². The summed E-state index contributed by atoms with van der Waals surface area (Å²) in [6, 6.07) is 2.76. The summed E-state index contributed by atoms with van der Waals surface area (Å²) in [5, 5.41) is 3.47. The number of aromatic nitrogens is 3. The van der Waals surface area contributed by atoms with Crippen molar-refractivity contribution in [1.29, 1.82) is 0 Å². The van der Waals surface area contributed by atoms with Gasteiger partial charge in [0.2, 0.25) is 5.95 Å². The van der Waals surface area contributed by atoms with E-state index in [-0.39, 0.29) is 17.8 Å². The lowest BCUT2D eigenvalue weighted by atomic mass is 10.3. The maximum absolute atomic E-state index is 12.4. The summed E-state index contributed by atoms with van der Waals surface area (Å²) in [5.74, 6) is -2.55. The topological polar surface area (TPSA) is 152 Å². The maximum Gasteiger partial charge on any atom is 0.471 e. The molecule has 0 bridgehead atoms. The van der Waals surface area contributed by atoms with Crippen molar-refractivity contribution >= 4 is 33.6 Å². The number of halogens is 3. The number of ether oxygens (including phenoxy) is 1. The van der Waals surface area contributed by atoms with Crippen LogP contribution in [0.3, 0.4) is 0 Å². The predicted molar refractivity (Wildman–Crippen MR) is 91.6 cm³/mol. The Morgan fingerprint density at radius 3 is 2.34 bits per heavy atom. The smallest absolute Gasteiger partial charge is 0.467 e. The summed E-state index contributed by atoms with van der Waals surface area (Å²) >= 11 is 0. The second-order valence-electron chi connectivity index (χ2n) is 5.20. The molecule has 2 rings (SSSR count). The highest BCUT2D eigenvalue weighted by atomic mass is 32.2. The maximum atomic E-state index is 12.4. The third kappa shape index (κ3) is 5.74. The largest absolute Gasteiger partial charge is 0.471 e. The summed E-state index contributed by atoms with van der Waals surface area (Å²) < 4.78 is 68.5. The first-order valence-electron chi connectivity index (χ1n) is 7.50. The van der Waals surface area contributed by atoms with Gasteiger partial charge < -0.3 is 10.1 Å². The van der Waals surface area contributed by atoms with Gasteiger partial charge >= 0.3 is 24.1 Å². The van der Waals surface area contributed by atoms with Crippen LogP contribution in [0.15, 0.2) is 29.2 Å². The van der Waals surface area contributed by atoms with E-state index < -0.39 is 38.7 Å². The van der Waals surface area contributed by atoms with Gasteiger partial charge in [-0.15, -0.1) is 0 Å². The van der Waals surface area contributed by atoms with Crippen LogP contribution in [-0.4, -0.2) is 48.6 Å². The number of hydrogen-bond donors (Lipinski definition) is 3. The van der Waals surface area contributed by atoms with Gasteiger partial charge in [-0.05, 0) is 19.1 Å². The summed E-state index contributed by atoms with van der Waals surface area (Å²) in [5.41, 5.74) is -0.673. The van der Waals surface area contributed by atoms with E-state index in [1.807, 2.05) is 5.32 Å². The Balaban J connectivity index is 2.22. The number of rotatable bonds is 5. The van der Waals surface area contributed by atoms with Crippen LogP contribution in [-0.2, 0) is 14.8 Å².